The van der Waals surface area contributed by atoms with E-state index in [-0.39, 0.29) is 6.61 Å². The molecule has 110 valence electrons. The van der Waals surface area contributed by atoms with Gasteiger partial charge in [0.25, 0.3) is 0 Å². The van der Waals surface area contributed by atoms with Crippen LogP contribution >= 0.6 is 0 Å². The SMILES string of the molecule is C=C(C)C[C@H](c1ccccc1)[C@H](CCO)c1ccccc1. The second kappa shape index (κ2) is 7.80. The summed E-state index contributed by atoms with van der Waals surface area (Å²) < 4.78 is 0. The lowest BCUT2D eigenvalue weighted by Crippen LogP contribution is -2.14. The lowest BCUT2D eigenvalue weighted by atomic mass is 9.76. The molecule has 21 heavy (non-hydrogen) atoms. The van der Waals surface area contributed by atoms with Crippen molar-refractivity contribution in [3.63, 3.8) is 0 Å². The van der Waals surface area contributed by atoms with E-state index >= 15 is 0 Å². The van der Waals surface area contributed by atoms with Crippen molar-refractivity contribution < 1.29 is 5.11 Å². The van der Waals surface area contributed by atoms with Gasteiger partial charge in [-0.05, 0) is 42.7 Å². The molecular formula is C20H24O. The van der Waals surface area contributed by atoms with E-state index in [1.165, 1.54) is 16.7 Å². The highest BCUT2D eigenvalue weighted by Crippen LogP contribution is 2.39. The van der Waals surface area contributed by atoms with Gasteiger partial charge in [0, 0.05) is 6.61 Å². The van der Waals surface area contributed by atoms with Gasteiger partial charge in [0.15, 0.2) is 0 Å². The number of rotatable bonds is 7. The van der Waals surface area contributed by atoms with Crippen LogP contribution in [0.2, 0.25) is 0 Å². The highest BCUT2D eigenvalue weighted by Gasteiger charge is 2.24. The van der Waals surface area contributed by atoms with E-state index in [4.69, 9.17) is 0 Å². The third kappa shape index (κ3) is 4.30. The monoisotopic (exact) mass is 280 g/mol. The zero-order valence-corrected chi connectivity index (χ0v) is 12.7. The Morgan fingerprint density at radius 3 is 1.81 bits per heavy atom. The molecule has 1 nitrogen and oxygen atoms in total. The molecule has 0 aliphatic rings. The topological polar surface area (TPSA) is 20.2 Å². The molecule has 0 aromatic heterocycles. The predicted molar refractivity (Wildman–Crippen MR) is 89.5 cm³/mol. The van der Waals surface area contributed by atoms with Crippen molar-refractivity contribution in [1.29, 1.82) is 0 Å². The van der Waals surface area contributed by atoms with E-state index in [9.17, 15) is 5.11 Å². The fourth-order valence-corrected chi connectivity index (χ4v) is 3.01. The predicted octanol–water partition coefficient (Wildman–Crippen LogP) is 4.90. The van der Waals surface area contributed by atoms with Crippen LogP contribution in [0.15, 0.2) is 72.8 Å². The van der Waals surface area contributed by atoms with Crippen molar-refractivity contribution in [2.75, 3.05) is 6.61 Å². The fraction of sp³-hybridized carbons (Fsp3) is 0.300. The summed E-state index contributed by atoms with van der Waals surface area (Å²) in [7, 11) is 0. The molecule has 0 saturated carbocycles. The summed E-state index contributed by atoms with van der Waals surface area (Å²) in [5, 5.41) is 9.51. The summed E-state index contributed by atoms with van der Waals surface area (Å²) in [6, 6.07) is 21.1. The summed E-state index contributed by atoms with van der Waals surface area (Å²) in [6.07, 6.45) is 1.72. The molecule has 1 N–H and O–H groups in total. The van der Waals surface area contributed by atoms with Gasteiger partial charge in [-0.15, -0.1) is 6.58 Å². The van der Waals surface area contributed by atoms with Gasteiger partial charge in [0.05, 0.1) is 0 Å². The minimum Gasteiger partial charge on any atom is -0.396 e. The van der Waals surface area contributed by atoms with Crippen LogP contribution in [0.1, 0.15) is 42.7 Å². The largest absolute Gasteiger partial charge is 0.396 e. The molecule has 0 heterocycles. The molecule has 0 spiro atoms. The molecule has 0 bridgehead atoms. The first-order valence-corrected chi connectivity index (χ1v) is 7.57. The fourth-order valence-electron chi connectivity index (χ4n) is 3.01. The molecule has 0 amide bonds. The summed E-state index contributed by atoms with van der Waals surface area (Å²) >= 11 is 0. The lowest BCUT2D eigenvalue weighted by molar-refractivity contribution is 0.266. The van der Waals surface area contributed by atoms with Crippen LogP contribution in [0.5, 0.6) is 0 Å². The average Bonchev–Trinajstić information content (AvgIpc) is 2.52. The number of allylic oxidation sites excluding steroid dienone is 1. The molecule has 0 fully saturated rings. The van der Waals surface area contributed by atoms with Gasteiger partial charge in [-0.3, -0.25) is 0 Å². The number of aliphatic hydroxyl groups is 1. The number of aliphatic hydroxyl groups excluding tert-OH is 1. The van der Waals surface area contributed by atoms with Crippen LogP contribution in [-0.4, -0.2) is 11.7 Å². The molecular weight excluding hydrogens is 256 g/mol. The van der Waals surface area contributed by atoms with Gasteiger partial charge >= 0.3 is 0 Å². The van der Waals surface area contributed by atoms with Crippen molar-refractivity contribution >= 4 is 0 Å². The third-order valence-corrected chi connectivity index (χ3v) is 3.95. The Hall–Kier alpha value is -1.86. The van der Waals surface area contributed by atoms with Crippen molar-refractivity contribution in [3.8, 4) is 0 Å². The Kier molecular flexibility index (Phi) is 5.77. The van der Waals surface area contributed by atoms with E-state index in [2.05, 4.69) is 62.0 Å². The molecule has 2 atom stereocenters. The Bertz CT molecular complexity index is 545. The zero-order chi connectivity index (χ0) is 15.1. The minimum absolute atomic E-state index is 0.207. The maximum Gasteiger partial charge on any atom is 0.0437 e. The molecule has 0 unspecified atom stereocenters. The first-order valence-electron chi connectivity index (χ1n) is 7.57. The molecule has 0 aliphatic heterocycles. The van der Waals surface area contributed by atoms with Crippen LogP contribution in [-0.2, 0) is 0 Å². The summed E-state index contributed by atoms with van der Waals surface area (Å²) in [4.78, 5) is 0. The van der Waals surface area contributed by atoms with Crippen LogP contribution in [0.3, 0.4) is 0 Å². The van der Waals surface area contributed by atoms with Gasteiger partial charge in [-0.25, -0.2) is 0 Å². The minimum atomic E-state index is 0.207. The first kappa shape index (κ1) is 15.5. The van der Waals surface area contributed by atoms with Crippen molar-refractivity contribution in [2.24, 2.45) is 0 Å². The summed E-state index contributed by atoms with van der Waals surface area (Å²) in [5.74, 6) is 0.675. The second-order valence-electron chi connectivity index (χ2n) is 5.71. The normalized spacial score (nSPS) is 13.6. The van der Waals surface area contributed by atoms with Crippen LogP contribution in [0.4, 0.5) is 0 Å². The average molecular weight is 280 g/mol. The summed E-state index contributed by atoms with van der Waals surface area (Å²) in [5.41, 5.74) is 3.80. The maximum absolute atomic E-state index is 9.51. The van der Waals surface area contributed by atoms with Crippen molar-refractivity contribution in [2.45, 2.75) is 31.6 Å². The van der Waals surface area contributed by atoms with Gasteiger partial charge in [0.2, 0.25) is 0 Å². The molecule has 2 rings (SSSR count). The maximum atomic E-state index is 9.51. The molecule has 0 radical (unpaired) electrons. The molecule has 0 aliphatic carbocycles. The van der Waals surface area contributed by atoms with Gasteiger partial charge in [0.1, 0.15) is 0 Å². The van der Waals surface area contributed by atoms with E-state index < -0.39 is 0 Å². The highest BCUT2D eigenvalue weighted by atomic mass is 16.3. The molecule has 1 heteroatoms. The zero-order valence-electron chi connectivity index (χ0n) is 12.7. The van der Waals surface area contributed by atoms with Crippen molar-refractivity contribution in [1.82, 2.24) is 0 Å². The second-order valence-corrected chi connectivity index (χ2v) is 5.71. The van der Waals surface area contributed by atoms with E-state index in [1.807, 2.05) is 12.1 Å². The number of hydrogen-bond donors (Lipinski definition) is 1. The van der Waals surface area contributed by atoms with E-state index in [1.54, 1.807) is 0 Å². The third-order valence-electron chi connectivity index (χ3n) is 3.95. The quantitative estimate of drug-likeness (QED) is 0.715. The highest BCUT2D eigenvalue weighted by molar-refractivity contribution is 5.30. The van der Waals surface area contributed by atoms with E-state index in [0.29, 0.717) is 11.8 Å². The molecule has 2 aromatic rings. The Labute approximate surface area is 128 Å². The van der Waals surface area contributed by atoms with Crippen molar-refractivity contribution in [3.05, 3.63) is 83.9 Å². The van der Waals surface area contributed by atoms with Gasteiger partial charge < -0.3 is 5.11 Å². The molecule has 0 saturated heterocycles. The van der Waals surface area contributed by atoms with Crippen LogP contribution in [0, 0.1) is 0 Å². The Balaban J connectivity index is 2.38. The standard InChI is InChI=1S/C20H24O/c1-16(2)15-20(18-11-7-4-8-12-18)19(13-14-21)17-9-5-3-6-10-17/h3-12,19-21H,1,13-15H2,2H3/t19-,20-/m1/s1. The van der Waals surface area contributed by atoms with Crippen LogP contribution in [0.25, 0.3) is 0 Å². The number of benzene rings is 2. The Morgan fingerprint density at radius 1 is 0.905 bits per heavy atom. The van der Waals surface area contributed by atoms with Gasteiger partial charge in [-0.1, -0.05) is 66.2 Å². The number of hydrogen-bond acceptors (Lipinski definition) is 1. The Morgan fingerprint density at radius 2 is 1.38 bits per heavy atom. The van der Waals surface area contributed by atoms with Gasteiger partial charge in [-0.2, -0.15) is 0 Å². The smallest absolute Gasteiger partial charge is 0.0437 e. The van der Waals surface area contributed by atoms with E-state index in [0.717, 1.165) is 12.8 Å². The first-order chi connectivity index (χ1) is 10.2. The lowest BCUT2D eigenvalue weighted by Gasteiger charge is -2.28. The van der Waals surface area contributed by atoms with Crippen LogP contribution < -0.4 is 0 Å². The molecule has 2 aromatic carbocycles. The summed E-state index contributed by atoms with van der Waals surface area (Å²) in [6.45, 7) is 6.38.